The molecule has 3 N–H and O–H groups in total. The van der Waals surface area contributed by atoms with Gasteiger partial charge in [-0.15, -0.1) is 0 Å². The van der Waals surface area contributed by atoms with Gasteiger partial charge in [0.25, 0.3) is 5.91 Å². The number of anilines is 1. The van der Waals surface area contributed by atoms with Crippen LogP contribution >= 0.6 is 0 Å². The smallest absolute Gasteiger partial charge is 0.319 e. The zero-order chi connectivity index (χ0) is 19.5. The third-order valence-electron chi connectivity index (χ3n) is 4.53. The number of amides is 3. The van der Waals surface area contributed by atoms with Crippen molar-refractivity contribution in [1.82, 2.24) is 10.6 Å². The first-order chi connectivity index (χ1) is 13.0. The van der Waals surface area contributed by atoms with Crippen molar-refractivity contribution in [2.24, 2.45) is 0 Å². The lowest BCUT2D eigenvalue weighted by molar-refractivity contribution is -0.155. The Kier molecular flexibility index (Phi) is 8.61. The summed E-state index contributed by atoms with van der Waals surface area (Å²) < 4.78 is 5.16. The average molecular weight is 375 g/mol. The summed E-state index contributed by atoms with van der Waals surface area (Å²) in [5.41, 5.74) is 0.668. The van der Waals surface area contributed by atoms with Crippen LogP contribution in [0.5, 0.6) is 0 Å². The zero-order valence-corrected chi connectivity index (χ0v) is 15.8. The average Bonchev–Trinajstić information content (AvgIpc) is 2.91. The van der Waals surface area contributed by atoms with E-state index >= 15 is 0 Å². The Balaban J connectivity index is 1.62. The third kappa shape index (κ3) is 8.11. The van der Waals surface area contributed by atoms with Gasteiger partial charge < -0.3 is 20.7 Å². The number of hydrogen-bond donors (Lipinski definition) is 3. The van der Waals surface area contributed by atoms with Gasteiger partial charge in [-0.1, -0.05) is 43.9 Å². The van der Waals surface area contributed by atoms with Gasteiger partial charge in [-0.25, -0.2) is 4.79 Å². The van der Waals surface area contributed by atoms with Crippen LogP contribution in [0.4, 0.5) is 10.5 Å². The van der Waals surface area contributed by atoms with Crippen molar-refractivity contribution >= 4 is 23.6 Å². The molecular weight excluding hydrogens is 346 g/mol. The van der Waals surface area contributed by atoms with Gasteiger partial charge in [-0.2, -0.15) is 0 Å². The Morgan fingerprint density at radius 3 is 2.41 bits per heavy atom. The Hall–Kier alpha value is -2.57. The van der Waals surface area contributed by atoms with Gasteiger partial charge >= 0.3 is 12.0 Å². The van der Waals surface area contributed by atoms with Gasteiger partial charge in [-0.3, -0.25) is 9.59 Å². The fraction of sp³-hybridized carbons (Fsp3) is 0.550. The van der Waals surface area contributed by atoms with E-state index in [0.717, 1.165) is 25.7 Å². The molecule has 2 rings (SSSR count). The van der Waals surface area contributed by atoms with Crippen LogP contribution in [0.1, 0.15) is 51.9 Å². The highest BCUT2D eigenvalue weighted by Gasteiger charge is 2.21. The van der Waals surface area contributed by atoms with Crippen molar-refractivity contribution in [2.75, 3.05) is 11.9 Å². The van der Waals surface area contributed by atoms with Crippen molar-refractivity contribution in [2.45, 2.75) is 64.0 Å². The predicted molar refractivity (Wildman–Crippen MR) is 103 cm³/mol. The SMILES string of the molecule is C[C@H](OC(=O)CCNC(=O)Nc1ccccc1)C(=O)NC1CCCCCC1. The quantitative estimate of drug-likeness (QED) is 0.504. The number of urea groups is 1. The maximum atomic E-state index is 12.2. The number of hydrogen-bond acceptors (Lipinski definition) is 4. The molecule has 0 spiro atoms. The van der Waals surface area contributed by atoms with E-state index < -0.39 is 18.1 Å². The zero-order valence-electron chi connectivity index (χ0n) is 15.8. The maximum absolute atomic E-state index is 12.2. The van der Waals surface area contributed by atoms with Crippen LogP contribution in [-0.2, 0) is 14.3 Å². The van der Waals surface area contributed by atoms with E-state index in [-0.39, 0.29) is 24.9 Å². The molecule has 1 aliphatic rings. The number of rotatable bonds is 7. The van der Waals surface area contributed by atoms with Gasteiger partial charge in [0.2, 0.25) is 0 Å². The summed E-state index contributed by atoms with van der Waals surface area (Å²) in [4.78, 5) is 35.8. The van der Waals surface area contributed by atoms with E-state index in [2.05, 4.69) is 16.0 Å². The van der Waals surface area contributed by atoms with E-state index in [1.807, 2.05) is 18.2 Å². The van der Waals surface area contributed by atoms with Crippen LogP contribution in [0.15, 0.2) is 30.3 Å². The van der Waals surface area contributed by atoms with Crippen LogP contribution < -0.4 is 16.0 Å². The number of carbonyl (C=O) groups excluding carboxylic acids is 3. The number of para-hydroxylation sites is 1. The van der Waals surface area contributed by atoms with E-state index in [4.69, 9.17) is 4.74 Å². The molecule has 27 heavy (non-hydrogen) atoms. The molecular formula is C20H29N3O4. The number of carbonyl (C=O) groups is 3. The molecule has 0 saturated heterocycles. The third-order valence-corrected chi connectivity index (χ3v) is 4.53. The molecule has 148 valence electrons. The number of benzene rings is 1. The van der Waals surface area contributed by atoms with Crippen LogP contribution in [0, 0.1) is 0 Å². The molecule has 1 saturated carbocycles. The Bertz CT molecular complexity index is 613. The highest BCUT2D eigenvalue weighted by atomic mass is 16.5. The first-order valence-electron chi connectivity index (χ1n) is 9.64. The van der Waals surface area contributed by atoms with E-state index in [9.17, 15) is 14.4 Å². The molecule has 0 aliphatic heterocycles. The Morgan fingerprint density at radius 2 is 1.74 bits per heavy atom. The second-order valence-corrected chi connectivity index (χ2v) is 6.83. The maximum Gasteiger partial charge on any atom is 0.319 e. The van der Waals surface area contributed by atoms with Gasteiger partial charge in [0, 0.05) is 18.3 Å². The molecule has 3 amide bonds. The molecule has 1 aliphatic carbocycles. The minimum atomic E-state index is -0.834. The summed E-state index contributed by atoms with van der Waals surface area (Å²) in [5, 5.41) is 8.21. The molecule has 1 atom stereocenters. The molecule has 0 radical (unpaired) electrons. The first kappa shape index (κ1) is 20.7. The monoisotopic (exact) mass is 375 g/mol. The van der Waals surface area contributed by atoms with Crippen molar-refractivity contribution in [3.8, 4) is 0 Å². The summed E-state index contributed by atoms with van der Waals surface area (Å²) in [6.45, 7) is 1.70. The Labute approximate surface area is 160 Å². The van der Waals surface area contributed by atoms with Crippen molar-refractivity contribution in [1.29, 1.82) is 0 Å². The fourth-order valence-corrected chi connectivity index (χ4v) is 3.03. The fourth-order valence-electron chi connectivity index (χ4n) is 3.03. The highest BCUT2D eigenvalue weighted by molar-refractivity contribution is 5.89. The lowest BCUT2D eigenvalue weighted by atomic mass is 10.1. The van der Waals surface area contributed by atoms with Crippen LogP contribution in [-0.4, -0.2) is 36.6 Å². The lowest BCUT2D eigenvalue weighted by Gasteiger charge is -2.19. The molecule has 0 bridgehead atoms. The minimum absolute atomic E-state index is 0.00323. The molecule has 0 aromatic heterocycles. The molecule has 7 heteroatoms. The first-order valence-corrected chi connectivity index (χ1v) is 9.64. The topological polar surface area (TPSA) is 96.5 Å². The van der Waals surface area contributed by atoms with Gasteiger partial charge in [0.05, 0.1) is 6.42 Å². The standard InChI is InChI=1S/C20H29N3O4/c1-15(19(25)22-16-9-5-2-3-6-10-16)27-18(24)13-14-21-20(26)23-17-11-7-4-8-12-17/h4,7-8,11-12,15-16H,2-3,5-6,9-10,13-14H2,1H3,(H,22,25)(H2,21,23,26)/t15-/m0/s1. The van der Waals surface area contributed by atoms with E-state index in [1.165, 1.54) is 12.8 Å². The van der Waals surface area contributed by atoms with Crippen molar-refractivity contribution in [3.63, 3.8) is 0 Å². The van der Waals surface area contributed by atoms with E-state index in [0.29, 0.717) is 5.69 Å². The van der Waals surface area contributed by atoms with Crippen molar-refractivity contribution in [3.05, 3.63) is 30.3 Å². The summed E-state index contributed by atoms with van der Waals surface area (Å²) in [5.74, 6) is -0.774. The summed E-state index contributed by atoms with van der Waals surface area (Å²) in [6, 6.07) is 8.79. The largest absolute Gasteiger partial charge is 0.452 e. The second kappa shape index (κ2) is 11.2. The minimum Gasteiger partial charge on any atom is -0.452 e. The van der Waals surface area contributed by atoms with Crippen LogP contribution in [0.3, 0.4) is 0 Å². The summed E-state index contributed by atoms with van der Waals surface area (Å²) in [7, 11) is 0. The Morgan fingerprint density at radius 1 is 1.07 bits per heavy atom. The van der Waals surface area contributed by atoms with Crippen molar-refractivity contribution < 1.29 is 19.1 Å². The normalized spacial score (nSPS) is 15.9. The number of ether oxygens (including phenoxy) is 1. The second-order valence-electron chi connectivity index (χ2n) is 6.83. The highest BCUT2D eigenvalue weighted by Crippen LogP contribution is 2.17. The molecule has 1 aromatic carbocycles. The predicted octanol–water partition coefficient (Wildman–Crippen LogP) is 2.97. The molecule has 1 fully saturated rings. The van der Waals surface area contributed by atoms with Crippen LogP contribution in [0.2, 0.25) is 0 Å². The van der Waals surface area contributed by atoms with Gasteiger partial charge in [0.15, 0.2) is 6.10 Å². The molecule has 0 heterocycles. The molecule has 7 nitrogen and oxygen atoms in total. The van der Waals surface area contributed by atoms with Gasteiger partial charge in [0.1, 0.15) is 0 Å². The summed E-state index contributed by atoms with van der Waals surface area (Å²) in [6.07, 6.45) is 5.79. The number of nitrogens with one attached hydrogen (secondary N) is 3. The van der Waals surface area contributed by atoms with Crippen LogP contribution in [0.25, 0.3) is 0 Å². The molecule has 0 unspecified atom stereocenters. The molecule has 1 aromatic rings. The van der Waals surface area contributed by atoms with E-state index in [1.54, 1.807) is 19.1 Å². The number of esters is 1. The lowest BCUT2D eigenvalue weighted by Crippen LogP contribution is -2.42. The summed E-state index contributed by atoms with van der Waals surface area (Å²) >= 11 is 0. The van der Waals surface area contributed by atoms with Gasteiger partial charge in [-0.05, 0) is 31.9 Å².